The van der Waals surface area contributed by atoms with E-state index in [2.05, 4.69) is 15.5 Å². The van der Waals surface area contributed by atoms with Crippen LogP contribution in [0.15, 0.2) is 0 Å². The predicted molar refractivity (Wildman–Crippen MR) is 63.1 cm³/mol. The monoisotopic (exact) mass is 257 g/mol. The van der Waals surface area contributed by atoms with Gasteiger partial charge >= 0.3 is 5.97 Å². The number of nitrogens with one attached hydrogen (secondary N) is 1. The second kappa shape index (κ2) is 5.42. The van der Waals surface area contributed by atoms with Gasteiger partial charge in [0.15, 0.2) is 0 Å². The molecule has 2 N–H and O–H groups in total. The van der Waals surface area contributed by atoms with Crippen LogP contribution >= 0.6 is 11.3 Å². The molecule has 7 heteroatoms. The maximum atomic E-state index is 10.6. The highest BCUT2D eigenvalue weighted by atomic mass is 32.1. The fourth-order valence-electron chi connectivity index (χ4n) is 1.54. The minimum absolute atomic E-state index is 0.0694. The maximum absolute atomic E-state index is 10.6. The Bertz CT molecular complexity index is 390. The predicted octanol–water partition coefficient (Wildman–Crippen LogP) is 1.52. The summed E-state index contributed by atoms with van der Waals surface area (Å²) in [5, 5.41) is 21.3. The van der Waals surface area contributed by atoms with Gasteiger partial charge in [-0.1, -0.05) is 18.3 Å². The lowest BCUT2D eigenvalue weighted by Crippen LogP contribution is -2.19. The fraction of sp³-hybridized carbons (Fsp3) is 0.700. The summed E-state index contributed by atoms with van der Waals surface area (Å²) < 4.78 is 5.50. The van der Waals surface area contributed by atoms with Crippen LogP contribution in [0.1, 0.15) is 30.9 Å². The first-order valence-corrected chi connectivity index (χ1v) is 6.40. The van der Waals surface area contributed by atoms with Gasteiger partial charge in [0, 0.05) is 13.2 Å². The number of rotatable bonds is 5. The molecule has 0 amide bonds. The zero-order valence-corrected chi connectivity index (χ0v) is 10.4. The van der Waals surface area contributed by atoms with Crippen molar-refractivity contribution in [2.24, 2.45) is 5.92 Å². The Morgan fingerprint density at radius 1 is 1.71 bits per heavy atom. The molecule has 2 unspecified atom stereocenters. The van der Waals surface area contributed by atoms with E-state index in [4.69, 9.17) is 9.84 Å². The Balaban J connectivity index is 1.87. The highest BCUT2D eigenvalue weighted by Gasteiger charge is 2.22. The molecule has 17 heavy (non-hydrogen) atoms. The molecule has 94 valence electrons. The lowest BCUT2D eigenvalue weighted by Gasteiger charge is -2.05. The van der Waals surface area contributed by atoms with Crippen molar-refractivity contribution in [1.29, 1.82) is 0 Å². The quantitative estimate of drug-likeness (QED) is 0.832. The standard InChI is InChI=1S/C10H15N3O3S/c1-6(9(14)15)5-11-10-13-12-8(17-10)7-3-2-4-16-7/h6-7H,2-5H2,1H3,(H,11,13)(H,14,15). The van der Waals surface area contributed by atoms with Gasteiger partial charge in [-0.3, -0.25) is 4.79 Å². The number of carboxylic acids is 1. The molecule has 2 atom stereocenters. The van der Waals surface area contributed by atoms with E-state index >= 15 is 0 Å². The molecule has 1 aliphatic rings. The minimum atomic E-state index is -0.818. The van der Waals surface area contributed by atoms with Gasteiger partial charge in [-0.15, -0.1) is 10.2 Å². The molecule has 0 saturated carbocycles. The topological polar surface area (TPSA) is 84.3 Å². The van der Waals surface area contributed by atoms with E-state index in [1.165, 1.54) is 11.3 Å². The van der Waals surface area contributed by atoms with Crippen LogP contribution in [0.4, 0.5) is 5.13 Å². The van der Waals surface area contributed by atoms with E-state index in [1.54, 1.807) is 6.92 Å². The van der Waals surface area contributed by atoms with Gasteiger partial charge in [0.05, 0.1) is 5.92 Å². The lowest BCUT2D eigenvalue weighted by molar-refractivity contribution is -0.140. The first kappa shape index (κ1) is 12.3. The number of nitrogens with zero attached hydrogens (tertiary/aromatic N) is 2. The van der Waals surface area contributed by atoms with Crippen molar-refractivity contribution in [3.05, 3.63) is 5.01 Å². The largest absolute Gasteiger partial charge is 0.481 e. The minimum Gasteiger partial charge on any atom is -0.481 e. The number of carbonyl (C=O) groups is 1. The molecule has 0 bridgehead atoms. The average Bonchev–Trinajstić information content (AvgIpc) is 2.95. The summed E-state index contributed by atoms with van der Waals surface area (Å²) in [5.41, 5.74) is 0. The Kier molecular flexibility index (Phi) is 3.90. The van der Waals surface area contributed by atoms with E-state index in [1.807, 2.05) is 0 Å². The molecule has 0 radical (unpaired) electrons. The molecular formula is C10H15N3O3S. The Hall–Kier alpha value is -1.21. The first-order valence-electron chi connectivity index (χ1n) is 5.58. The summed E-state index contributed by atoms with van der Waals surface area (Å²) in [4.78, 5) is 10.6. The van der Waals surface area contributed by atoms with Crippen molar-refractivity contribution in [3.63, 3.8) is 0 Å². The molecule has 6 nitrogen and oxygen atoms in total. The van der Waals surface area contributed by atoms with E-state index in [-0.39, 0.29) is 6.10 Å². The van der Waals surface area contributed by atoms with Crippen LogP contribution in [0.25, 0.3) is 0 Å². The van der Waals surface area contributed by atoms with Crippen molar-refractivity contribution >= 4 is 22.4 Å². The summed E-state index contributed by atoms with van der Waals surface area (Å²) in [6.07, 6.45) is 2.11. The Morgan fingerprint density at radius 2 is 2.53 bits per heavy atom. The third-order valence-electron chi connectivity index (χ3n) is 2.63. The molecule has 2 heterocycles. The van der Waals surface area contributed by atoms with Gasteiger partial charge in [0.1, 0.15) is 11.1 Å². The number of aromatic nitrogens is 2. The van der Waals surface area contributed by atoms with E-state index in [0.717, 1.165) is 24.5 Å². The van der Waals surface area contributed by atoms with E-state index in [9.17, 15) is 4.79 Å². The van der Waals surface area contributed by atoms with Crippen LogP contribution in [-0.4, -0.2) is 34.4 Å². The number of anilines is 1. The molecule has 0 aromatic carbocycles. The molecule has 0 aliphatic carbocycles. The number of hydrogen-bond acceptors (Lipinski definition) is 6. The van der Waals surface area contributed by atoms with Gasteiger partial charge < -0.3 is 15.2 Å². The van der Waals surface area contributed by atoms with E-state index < -0.39 is 11.9 Å². The molecule has 1 aliphatic heterocycles. The van der Waals surface area contributed by atoms with Crippen LogP contribution in [0.5, 0.6) is 0 Å². The highest BCUT2D eigenvalue weighted by molar-refractivity contribution is 7.15. The summed E-state index contributed by atoms with van der Waals surface area (Å²) in [6, 6.07) is 0. The Morgan fingerprint density at radius 3 is 3.18 bits per heavy atom. The highest BCUT2D eigenvalue weighted by Crippen LogP contribution is 2.31. The number of ether oxygens (including phenoxy) is 1. The first-order chi connectivity index (χ1) is 8.16. The van der Waals surface area contributed by atoms with Crippen LogP contribution in [0.2, 0.25) is 0 Å². The van der Waals surface area contributed by atoms with Crippen molar-refractivity contribution in [3.8, 4) is 0 Å². The second-order valence-corrected chi connectivity index (χ2v) is 5.08. The van der Waals surface area contributed by atoms with Crippen molar-refractivity contribution in [2.45, 2.75) is 25.9 Å². The summed E-state index contributed by atoms with van der Waals surface area (Å²) >= 11 is 1.43. The van der Waals surface area contributed by atoms with Gasteiger partial charge in [-0.25, -0.2) is 0 Å². The molecule has 1 aromatic heterocycles. The zero-order valence-electron chi connectivity index (χ0n) is 9.55. The van der Waals surface area contributed by atoms with Gasteiger partial charge in [0.25, 0.3) is 0 Å². The number of aliphatic carboxylic acids is 1. The molecule has 1 saturated heterocycles. The second-order valence-electron chi connectivity index (χ2n) is 4.07. The normalized spacial score (nSPS) is 21.4. The number of hydrogen-bond donors (Lipinski definition) is 2. The summed E-state index contributed by atoms with van der Waals surface area (Å²) in [5.74, 6) is -1.26. The third-order valence-corrected chi connectivity index (χ3v) is 3.60. The van der Waals surface area contributed by atoms with Gasteiger partial charge in [-0.05, 0) is 12.8 Å². The van der Waals surface area contributed by atoms with Crippen molar-refractivity contribution < 1.29 is 14.6 Å². The lowest BCUT2D eigenvalue weighted by atomic mass is 10.2. The van der Waals surface area contributed by atoms with Crippen LogP contribution in [-0.2, 0) is 9.53 Å². The molecule has 0 spiro atoms. The number of carboxylic acid groups (broad SMARTS) is 1. The van der Waals surface area contributed by atoms with Crippen LogP contribution in [0, 0.1) is 5.92 Å². The van der Waals surface area contributed by atoms with Crippen molar-refractivity contribution in [1.82, 2.24) is 10.2 Å². The van der Waals surface area contributed by atoms with Crippen molar-refractivity contribution in [2.75, 3.05) is 18.5 Å². The fourth-order valence-corrected chi connectivity index (χ4v) is 2.37. The van der Waals surface area contributed by atoms with Crippen LogP contribution < -0.4 is 5.32 Å². The molecule has 1 fully saturated rings. The summed E-state index contributed by atoms with van der Waals surface area (Å²) in [6.45, 7) is 2.79. The molecular weight excluding hydrogens is 242 g/mol. The van der Waals surface area contributed by atoms with E-state index in [0.29, 0.717) is 11.7 Å². The maximum Gasteiger partial charge on any atom is 0.308 e. The molecule has 2 rings (SSSR count). The zero-order chi connectivity index (χ0) is 12.3. The average molecular weight is 257 g/mol. The van der Waals surface area contributed by atoms with Crippen LogP contribution in [0.3, 0.4) is 0 Å². The molecule has 1 aromatic rings. The summed E-state index contributed by atoms with van der Waals surface area (Å²) in [7, 11) is 0. The van der Waals surface area contributed by atoms with Gasteiger partial charge in [0.2, 0.25) is 5.13 Å². The third kappa shape index (κ3) is 3.13. The Labute approximate surface area is 103 Å². The smallest absolute Gasteiger partial charge is 0.308 e. The SMILES string of the molecule is CC(CNc1nnc(C2CCCO2)s1)C(=O)O. The van der Waals surface area contributed by atoms with Gasteiger partial charge in [-0.2, -0.15) is 0 Å².